The van der Waals surface area contributed by atoms with E-state index in [1.165, 1.54) is 34.6 Å². The van der Waals surface area contributed by atoms with E-state index < -0.39 is 64.8 Å². The fourth-order valence-electron chi connectivity index (χ4n) is 2.49. The van der Waals surface area contributed by atoms with Gasteiger partial charge in [-0.25, -0.2) is 24.2 Å². The summed E-state index contributed by atoms with van der Waals surface area (Å²) in [7, 11) is 0. The molecule has 1 aromatic carbocycles. The molecule has 0 aliphatic heterocycles. The number of nitrogens with one attached hydrogen (secondary N) is 1. The molecule has 0 bridgehead atoms. The number of nitrogens with zero attached hydrogens (tertiary/aromatic N) is 1. The number of Topliss-reactive ketones (excluding diaryl/α,β-unsaturated/α-hetero) is 1. The van der Waals surface area contributed by atoms with Crippen molar-refractivity contribution in [1.29, 1.82) is 0 Å². The summed E-state index contributed by atoms with van der Waals surface area (Å²) >= 11 is 0. The summed E-state index contributed by atoms with van der Waals surface area (Å²) in [5, 5.41) is 0.571. The highest BCUT2D eigenvalue weighted by atomic mass is 19.4. The van der Waals surface area contributed by atoms with Crippen molar-refractivity contribution in [3.8, 4) is 0 Å². The van der Waals surface area contributed by atoms with E-state index in [0.29, 0.717) is 23.2 Å². The van der Waals surface area contributed by atoms with Crippen LogP contribution in [0.5, 0.6) is 0 Å². The van der Waals surface area contributed by atoms with E-state index in [9.17, 15) is 36.7 Å². The topological polar surface area (TPSA) is 111 Å². The van der Waals surface area contributed by atoms with Gasteiger partial charge in [0.15, 0.2) is 11.5 Å². The molecule has 13 heteroatoms. The van der Waals surface area contributed by atoms with Crippen molar-refractivity contribution in [2.75, 3.05) is 19.8 Å². The Morgan fingerprint density at radius 1 is 1.03 bits per heavy atom. The van der Waals surface area contributed by atoms with Crippen LogP contribution in [0.2, 0.25) is 0 Å². The number of hydrogen-bond acceptors (Lipinski definition) is 8. The second-order valence-corrected chi connectivity index (χ2v) is 7.82. The standard InChI is InChI=1S/C22H26F4N2O7/c1-6-33-18(30)11-16(19(31)34-7-2)28(27-20(32)35-21(3,4)5)12-17(29)13-8-9-15(23)14(10-13)22(24,25)26/h8-11H,6-7,12H2,1-5H3,(H,27,32). The van der Waals surface area contributed by atoms with Crippen LogP contribution in [-0.4, -0.2) is 54.2 Å². The Labute approximate surface area is 199 Å². The lowest BCUT2D eigenvalue weighted by atomic mass is 10.1. The Hall–Kier alpha value is -3.64. The molecular formula is C22H26F4N2O7. The highest BCUT2D eigenvalue weighted by molar-refractivity contribution is 6.00. The SMILES string of the molecule is CCOC(=O)C=C(C(=O)OCC)N(CC(=O)c1ccc(F)c(C(F)(F)F)c1)NC(=O)OC(C)(C)C. The van der Waals surface area contributed by atoms with Crippen molar-refractivity contribution < 1.29 is 51.0 Å². The molecule has 0 aromatic heterocycles. The van der Waals surface area contributed by atoms with Gasteiger partial charge < -0.3 is 14.2 Å². The molecule has 0 atom stereocenters. The molecule has 0 unspecified atom stereocenters. The van der Waals surface area contributed by atoms with E-state index in [2.05, 4.69) is 5.43 Å². The molecule has 1 N–H and O–H groups in total. The first-order valence-electron chi connectivity index (χ1n) is 10.3. The highest BCUT2D eigenvalue weighted by Gasteiger charge is 2.35. The average molecular weight is 506 g/mol. The van der Waals surface area contributed by atoms with Crippen LogP contribution in [0.15, 0.2) is 30.0 Å². The quantitative estimate of drug-likeness (QED) is 0.135. The first-order valence-corrected chi connectivity index (χ1v) is 10.3. The largest absolute Gasteiger partial charge is 0.463 e. The molecule has 0 saturated carbocycles. The lowest BCUT2D eigenvalue weighted by Crippen LogP contribution is -2.48. The summed E-state index contributed by atoms with van der Waals surface area (Å²) in [5.74, 6) is -4.84. The van der Waals surface area contributed by atoms with E-state index in [4.69, 9.17) is 14.2 Å². The van der Waals surface area contributed by atoms with Gasteiger partial charge in [-0.05, 0) is 52.8 Å². The van der Waals surface area contributed by atoms with Crippen molar-refractivity contribution in [2.24, 2.45) is 0 Å². The fourth-order valence-corrected chi connectivity index (χ4v) is 2.49. The molecule has 1 aromatic rings. The molecule has 35 heavy (non-hydrogen) atoms. The summed E-state index contributed by atoms with van der Waals surface area (Å²) in [6, 6.07) is 1.56. The van der Waals surface area contributed by atoms with Gasteiger partial charge in [-0.1, -0.05) is 0 Å². The first-order chi connectivity index (χ1) is 16.1. The number of rotatable bonds is 9. The van der Waals surface area contributed by atoms with Crippen molar-refractivity contribution >= 4 is 23.8 Å². The zero-order valence-corrected chi connectivity index (χ0v) is 19.7. The van der Waals surface area contributed by atoms with Gasteiger partial charge in [0, 0.05) is 5.56 Å². The second-order valence-electron chi connectivity index (χ2n) is 7.82. The van der Waals surface area contributed by atoms with Crippen LogP contribution in [-0.2, 0) is 30.0 Å². The minimum absolute atomic E-state index is 0.0698. The zero-order valence-electron chi connectivity index (χ0n) is 19.7. The van der Waals surface area contributed by atoms with Crippen LogP contribution in [0.4, 0.5) is 22.4 Å². The Kier molecular flexibility index (Phi) is 10.2. The van der Waals surface area contributed by atoms with Crippen LogP contribution < -0.4 is 5.43 Å². The average Bonchev–Trinajstić information content (AvgIpc) is 2.69. The van der Waals surface area contributed by atoms with Gasteiger partial charge in [-0.3, -0.25) is 9.80 Å². The summed E-state index contributed by atoms with van der Waals surface area (Å²) in [4.78, 5) is 49.6. The number of carbonyl (C=O) groups is 4. The lowest BCUT2D eigenvalue weighted by molar-refractivity contribution is -0.142. The Morgan fingerprint density at radius 2 is 1.63 bits per heavy atom. The molecule has 0 heterocycles. The molecule has 0 radical (unpaired) electrons. The Bertz CT molecular complexity index is 985. The predicted octanol–water partition coefficient (Wildman–Crippen LogP) is 3.78. The van der Waals surface area contributed by atoms with Gasteiger partial charge >= 0.3 is 24.2 Å². The smallest absolute Gasteiger partial charge is 0.426 e. The lowest BCUT2D eigenvalue weighted by Gasteiger charge is -2.28. The molecule has 9 nitrogen and oxygen atoms in total. The third-order valence-electron chi connectivity index (χ3n) is 3.84. The molecule has 1 amide bonds. The molecule has 1 rings (SSSR count). The van der Waals surface area contributed by atoms with Crippen molar-refractivity contribution in [3.63, 3.8) is 0 Å². The Morgan fingerprint density at radius 3 is 2.14 bits per heavy atom. The number of halogens is 4. The number of hydrazine groups is 1. The van der Waals surface area contributed by atoms with Gasteiger partial charge in [0.05, 0.1) is 24.9 Å². The van der Waals surface area contributed by atoms with Gasteiger partial charge in [-0.2, -0.15) is 13.2 Å². The summed E-state index contributed by atoms with van der Waals surface area (Å²) in [6.07, 6.45) is -5.59. The molecule has 0 aliphatic carbocycles. The van der Waals surface area contributed by atoms with Gasteiger partial charge in [-0.15, -0.1) is 0 Å². The van der Waals surface area contributed by atoms with Crippen LogP contribution in [0.3, 0.4) is 0 Å². The summed E-state index contributed by atoms with van der Waals surface area (Å²) < 4.78 is 67.5. The van der Waals surface area contributed by atoms with E-state index >= 15 is 0 Å². The number of ketones is 1. The second kappa shape index (κ2) is 12.2. The molecule has 0 spiro atoms. The van der Waals surface area contributed by atoms with Crippen molar-refractivity contribution in [1.82, 2.24) is 10.4 Å². The molecule has 0 fully saturated rings. The molecular weight excluding hydrogens is 480 g/mol. The highest BCUT2D eigenvalue weighted by Crippen LogP contribution is 2.32. The van der Waals surface area contributed by atoms with Crippen LogP contribution in [0, 0.1) is 5.82 Å². The maximum Gasteiger partial charge on any atom is 0.426 e. The van der Waals surface area contributed by atoms with E-state index in [1.807, 2.05) is 0 Å². The number of alkyl halides is 3. The molecule has 194 valence electrons. The maximum atomic E-state index is 13.6. The zero-order chi connectivity index (χ0) is 27.0. The minimum atomic E-state index is -5.07. The first kappa shape index (κ1) is 29.4. The van der Waals surface area contributed by atoms with Crippen LogP contribution in [0.25, 0.3) is 0 Å². The predicted molar refractivity (Wildman–Crippen MR) is 113 cm³/mol. The number of ether oxygens (including phenoxy) is 3. The number of hydrogen-bond donors (Lipinski definition) is 1. The Balaban J connectivity index is 3.45. The van der Waals surface area contributed by atoms with E-state index in [-0.39, 0.29) is 13.2 Å². The maximum absolute atomic E-state index is 13.6. The summed E-state index contributed by atoms with van der Waals surface area (Å²) in [5.41, 5.74) is -1.83. The number of carbonyl (C=O) groups excluding carboxylic acids is 4. The third kappa shape index (κ3) is 9.63. The van der Waals surface area contributed by atoms with Crippen molar-refractivity contribution in [2.45, 2.75) is 46.4 Å². The van der Waals surface area contributed by atoms with Gasteiger partial charge in [0.25, 0.3) is 0 Å². The molecule has 0 saturated heterocycles. The van der Waals surface area contributed by atoms with Gasteiger partial charge in [0.2, 0.25) is 0 Å². The molecule has 0 aliphatic rings. The minimum Gasteiger partial charge on any atom is -0.463 e. The summed E-state index contributed by atoms with van der Waals surface area (Å²) in [6.45, 7) is 6.35. The monoisotopic (exact) mass is 506 g/mol. The van der Waals surface area contributed by atoms with Crippen LogP contribution >= 0.6 is 0 Å². The number of benzene rings is 1. The van der Waals surface area contributed by atoms with Gasteiger partial charge in [0.1, 0.15) is 18.0 Å². The van der Waals surface area contributed by atoms with Crippen molar-refractivity contribution in [3.05, 3.63) is 46.9 Å². The third-order valence-corrected chi connectivity index (χ3v) is 3.84. The van der Waals surface area contributed by atoms with E-state index in [0.717, 1.165) is 6.07 Å². The fraction of sp³-hybridized carbons (Fsp3) is 0.455. The van der Waals surface area contributed by atoms with Crippen LogP contribution in [0.1, 0.15) is 50.5 Å². The normalized spacial score (nSPS) is 12.0. The number of esters is 2. The number of amides is 1. The van der Waals surface area contributed by atoms with E-state index in [1.54, 1.807) is 0 Å².